The predicted molar refractivity (Wildman–Crippen MR) is 55.3 cm³/mol. The number of hydrogen-bond donors (Lipinski definition) is 2. The molecule has 4 N–H and O–H groups in total. The summed E-state index contributed by atoms with van der Waals surface area (Å²) in [6.45, 7) is 1.68. The second kappa shape index (κ2) is 2.83. The third-order valence-electron chi connectivity index (χ3n) is 2.24. The van der Waals surface area contributed by atoms with Crippen LogP contribution >= 0.6 is 0 Å². The van der Waals surface area contributed by atoms with Gasteiger partial charge < -0.3 is 11.5 Å². The Morgan fingerprint density at radius 3 is 2.71 bits per heavy atom. The smallest absolute Gasteiger partial charge is 0.137 e. The van der Waals surface area contributed by atoms with Gasteiger partial charge in [0.05, 0.1) is 28.5 Å². The molecule has 0 unspecified atom stereocenters. The topological polar surface area (TPSA) is 64.9 Å². The Balaban J connectivity index is 2.98. The molecule has 0 spiro atoms. The van der Waals surface area contributed by atoms with Crippen molar-refractivity contribution in [2.24, 2.45) is 0 Å². The Morgan fingerprint density at radius 1 is 1.29 bits per heavy atom. The molecule has 0 aliphatic carbocycles. The third-order valence-corrected chi connectivity index (χ3v) is 2.24. The van der Waals surface area contributed by atoms with Crippen molar-refractivity contribution in [3.63, 3.8) is 0 Å². The summed E-state index contributed by atoms with van der Waals surface area (Å²) in [5.74, 6) is -0.347. The van der Waals surface area contributed by atoms with E-state index in [1.165, 1.54) is 6.20 Å². The lowest BCUT2D eigenvalue weighted by atomic mass is 10.1. The van der Waals surface area contributed by atoms with Crippen molar-refractivity contribution in [2.45, 2.75) is 6.92 Å². The summed E-state index contributed by atoms with van der Waals surface area (Å²) in [6.07, 6.45) is 1.44. The van der Waals surface area contributed by atoms with Gasteiger partial charge in [0.15, 0.2) is 0 Å². The molecule has 1 aromatic heterocycles. The minimum absolute atomic E-state index is 0.260. The minimum Gasteiger partial charge on any atom is -0.396 e. The highest BCUT2D eigenvalue weighted by molar-refractivity contribution is 5.96. The molecule has 72 valence electrons. The molecule has 0 radical (unpaired) electrons. The van der Waals surface area contributed by atoms with Crippen LogP contribution in [0.25, 0.3) is 10.9 Å². The molecule has 0 saturated carbocycles. The van der Waals surface area contributed by atoms with E-state index in [-0.39, 0.29) is 11.5 Å². The van der Waals surface area contributed by atoms with E-state index in [4.69, 9.17) is 11.5 Å². The van der Waals surface area contributed by atoms with Crippen LogP contribution in [0.5, 0.6) is 0 Å². The molecule has 3 nitrogen and oxygen atoms in total. The summed E-state index contributed by atoms with van der Waals surface area (Å²) in [5.41, 5.74) is 12.9. The summed E-state index contributed by atoms with van der Waals surface area (Å²) < 4.78 is 13.7. The van der Waals surface area contributed by atoms with Gasteiger partial charge in [0.25, 0.3) is 0 Å². The first-order valence-electron chi connectivity index (χ1n) is 4.20. The lowest BCUT2D eigenvalue weighted by Gasteiger charge is -2.06. The van der Waals surface area contributed by atoms with Crippen LogP contribution in [-0.4, -0.2) is 4.98 Å². The molecule has 4 heteroatoms. The highest BCUT2D eigenvalue weighted by Gasteiger charge is 2.09. The zero-order valence-electron chi connectivity index (χ0n) is 7.71. The number of nitrogens with two attached hydrogens (primary N) is 2. The lowest BCUT2D eigenvalue weighted by Crippen LogP contribution is -1.99. The first-order chi connectivity index (χ1) is 6.61. The van der Waals surface area contributed by atoms with Crippen molar-refractivity contribution < 1.29 is 4.39 Å². The number of nitrogen functional groups attached to an aromatic ring is 2. The van der Waals surface area contributed by atoms with Crippen LogP contribution in [0, 0.1) is 12.7 Å². The molecular formula is C10H10FN3. The first kappa shape index (κ1) is 8.74. The SMILES string of the molecule is Cc1ccc2ncc(N)c(N)c2c1F. The molecule has 0 atom stereocenters. The number of pyridine rings is 1. The second-order valence-corrected chi connectivity index (χ2v) is 3.22. The van der Waals surface area contributed by atoms with Gasteiger partial charge >= 0.3 is 0 Å². The molecule has 0 fully saturated rings. The van der Waals surface area contributed by atoms with Gasteiger partial charge in [-0.15, -0.1) is 0 Å². The Morgan fingerprint density at radius 2 is 2.00 bits per heavy atom. The number of benzene rings is 1. The number of aromatic nitrogens is 1. The van der Waals surface area contributed by atoms with Crippen molar-refractivity contribution in [3.8, 4) is 0 Å². The lowest BCUT2D eigenvalue weighted by molar-refractivity contribution is 0.631. The predicted octanol–water partition coefficient (Wildman–Crippen LogP) is 1.85. The quantitative estimate of drug-likeness (QED) is 0.667. The summed E-state index contributed by atoms with van der Waals surface area (Å²) >= 11 is 0. The fraction of sp³-hybridized carbons (Fsp3) is 0.100. The summed E-state index contributed by atoms with van der Waals surface area (Å²) in [5, 5.41) is 0.310. The maximum Gasteiger partial charge on any atom is 0.137 e. The number of aryl methyl sites for hydroxylation is 1. The Labute approximate surface area is 80.5 Å². The average Bonchev–Trinajstić information content (AvgIpc) is 2.17. The monoisotopic (exact) mass is 191 g/mol. The standard InChI is InChI=1S/C10H10FN3/c1-5-2-3-7-8(9(5)11)10(13)6(12)4-14-7/h2-4H,12H2,1H3,(H2,13,14). The van der Waals surface area contributed by atoms with Crippen molar-refractivity contribution in [3.05, 3.63) is 29.7 Å². The van der Waals surface area contributed by atoms with Gasteiger partial charge in [-0.05, 0) is 18.6 Å². The fourth-order valence-corrected chi connectivity index (χ4v) is 1.39. The molecule has 0 saturated heterocycles. The molecule has 0 amide bonds. The molecule has 0 aliphatic heterocycles. The van der Waals surface area contributed by atoms with Gasteiger partial charge in [0.2, 0.25) is 0 Å². The number of fused-ring (bicyclic) bond motifs is 1. The number of hydrogen-bond acceptors (Lipinski definition) is 3. The molecule has 1 aromatic carbocycles. The van der Waals surface area contributed by atoms with Crippen LogP contribution in [-0.2, 0) is 0 Å². The van der Waals surface area contributed by atoms with E-state index in [9.17, 15) is 4.39 Å². The molecule has 0 bridgehead atoms. The molecular weight excluding hydrogens is 181 g/mol. The van der Waals surface area contributed by atoms with Gasteiger partial charge in [-0.1, -0.05) is 6.07 Å². The van der Waals surface area contributed by atoms with E-state index in [0.717, 1.165) is 0 Å². The van der Waals surface area contributed by atoms with Gasteiger partial charge in [0.1, 0.15) is 5.82 Å². The molecule has 1 heterocycles. The van der Waals surface area contributed by atoms with Crippen LogP contribution in [0.4, 0.5) is 15.8 Å². The first-order valence-corrected chi connectivity index (χ1v) is 4.20. The van der Waals surface area contributed by atoms with Crippen molar-refractivity contribution in [1.29, 1.82) is 0 Å². The van der Waals surface area contributed by atoms with Crippen molar-refractivity contribution >= 4 is 22.3 Å². The largest absolute Gasteiger partial charge is 0.396 e. The van der Waals surface area contributed by atoms with Gasteiger partial charge in [0, 0.05) is 0 Å². The number of anilines is 2. The highest BCUT2D eigenvalue weighted by Crippen LogP contribution is 2.28. The van der Waals surface area contributed by atoms with E-state index < -0.39 is 0 Å². The van der Waals surface area contributed by atoms with Crippen LogP contribution < -0.4 is 11.5 Å². The zero-order valence-corrected chi connectivity index (χ0v) is 7.71. The third kappa shape index (κ3) is 1.08. The second-order valence-electron chi connectivity index (χ2n) is 3.22. The van der Waals surface area contributed by atoms with Crippen LogP contribution in [0.15, 0.2) is 18.3 Å². The zero-order chi connectivity index (χ0) is 10.3. The number of nitrogens with zero attached hydrogens (tertiary/aromatic N) is 1. The minimum atomic E-state index is -0.347. The van der Waals surface area contributed by atoms with Crippen LogP contribution in [0.3, 0.4) is 0 Å². The summed E-state index contributed by atoms with van der Waals surface area (Å²) in [6, 6.07) is 3.39. The maximum absolute atomic E-state index is 13.7. The van der Waals surface area contributed by atoms with E-state index in [0.29, 0.717) is 22.2 Å². The summed E-state index contributed by atoms with van der Waals surface area (Å²) in [4.78, 5) is 4.00. The number of halogens is 1. The van der Waals surface area contributed by atoms with Gasteiger partial charge in [-0.25, -0.2) is 4.39 Å². The van der Waals surface area contributed by atoms with E-state index in [1.54, 1.807) is 19.1 Å². The molecule has 0 aliphatic rings. The maximum atomic E-state index is 13.7. The van der Waals surface area contributed by atoms with Crippen molar-refractivity contribution in [1.82, 2.24) is 4.98 Å². The highest BCUT2D eigenvalue weighted by atomic mass is 19.1. The molecule has 14 heavy (non-hydrogen) atoms. The van der Waals surface area contributed by atoms with Gasteiger partial charge in [-0.2, -0.15) is 0 Å². The van der Waals surface area contributed by atoms with E-state index in [2.05, 4.69) is 4.98 Å². The normalized spacial score (nSPS) is 10.7. The van der Waals surface area contributed by atoms with Crippen LogP contribution in [0.1, 0.15) is 5.56 Å². The van der Waals surface area contributed by atoms with Gasteiger partial charge in [-0.3, -0.25) is 4.98 Å². The van der Waals surface area contributed by atoms with Crippen LogP contribution in [0.2, 0.25) is 0 Å². The molecule has 2 aromatic rings. The Hall–Kier alpha value is -1.84. The number of rotatable bonds is 0. The van der Waals surface area contributed by atoms with E-state index >= 15 is 0 Å². The fourth-order valence-electron chi connectivity index (χ4n) is 1.39. The average molecular weight is 191 g/mol. The summed E-state index contributed by atoms with van der Waals surface area (Å²) in [7, 11) is 0. The van der Waals surface area contributed by atoms with Crippen molar-refractivity contribution in [2.75, 3.05) is 11.5 Å². The van der Waals surface area contributed by atoms with E-state index in [1.807, 2.05) is 0 Å². The Bertz CT molecular complexity index is 465. The molecule has 2 rings (SSSR count). The Kier molecular flexibility index (Phi) is 1.77.